The first-order valence-corrected chi connectivity index (χ1v) is 7.77. The average Bonchev–Trinajstić information content (AvgIpc) is 2.96. The van der Waals surface area contributed by atoms with Gasteiger partial charge >= 0.3 is 0 Å². The van der Waals surface area contributed by atoms with Crippen LogP contribution in [0.3, 0.4) is 0 Å². The smallest absolute Gasteiger partial charge is 0.0328 e. The predicted octanol–water partition coefficient (Wildman–Crippen LogP) is 5.59. The van der Waals surface area contributed by atoms with Crippen molar-refractivity contribution >= 4 is 0 Å². The van der Waals surface area contributed by atoms with E-state index in [1.165, 1.54) is 16.7 Å². The zero-order chi connectivity index (χ0) is 15.1. The first-order chi connectivity index (χ1) is 10.0. The lowest BCUT2D eigenvalue weighted by Crippen LogP contribution is -2.16. The van der Waals surface area contributed by atoms with Crippen molar-refractivity contribution < 1.29 is 0 Å². The molecule has 0 saturated heterocycles. The molecule has 0 nitrogen and oxygen atoms in total. The molecule has 0 heteroatoms. The van der Waals surface area contributed by atoms with Crippen LogP contribution >= 0.6 is 0 Å². The minimum Gasteiger partial charge on any atom is -0.0809 e. The Hall–Kier alpha value is -1.82. The van der Waals surface area contributed by atoms with Gasteiger partial charge in [0.2, 0.25) is 0 Å². The van der Waals surface area contributed by atoms with E-state index in [9.17, 15) is 0 Å². The maximum atomic E-state index is 2.46. The molecule has 1 saturated carbocycles. The third-order valence-electron chi connectivity index (χ3n) is 5.14. The minimum absolute atomic E-state index is 0.104. The van der Waals surface area contributed by atoms with Crippen LogP contribution in [0.2, 0.25) is 0 Å². The second-order valence-electron chi connectivity index (χ2n) is 6.98. The second-order valence-corrected chi connectivity index (χ2v) is 6.98. The van der Waals surface area contributed by atoms with E-state index in [4.69, 9.17) is 0 Å². The van der Waals surface area contributed by atoms with Gasteiger partial charge in [0.05, 0.1) is 0 Å². The molecule has 3 rings (SSSR count). The van der Waals surface area contributed by atoms with E-state index in [0.29, 0.717) is 5.92 Å². The summed E-state index contributed by atoms with van der Waals surface area (Å²) in [7, 11) is 0. The lowest BCUT2D eigenvalue weighted by molar-refractivity contribution is 0.545. The maximum absolute atomic E-state index is 2.46. The van der Waals surface area contributed by atoms with Crippen molar-refractivity contribution in [3.05, 3.63) is 83.4 Å². The van der Waals surface area contributed by atoms with Gasteiger partial charge in [-0.05, 0) is 36.3 Å². The van der Waals surface area contributed by atoms with Gasteiger partial charge in [-0.1, -0.05) is 86.2 Å². The molecule has 1 fully saturated rings. The van der Waals surface area contributed by atoms with Gasteiger partial charge in [0.1, 0.15) is 0 Å². The van der Waals surface area contributed by atoms with Gasteiger partial charge in [0, 0.05) is 5.41 Å². The molecule has 1 aliphatic carbocycles. The number of hydrogen-bond donors (Lipinski definition) is 0. The Balaban J connectivity index is 2.22. The molecule has 0 spiro atoms. The third kappa shape index (κ3) is 1.97. The summed E-state index contributed by atoms with van der Waals surface area (Å²) < 4.78 is 0. The highest BCUT2D eigenvalue weighted by molar-refractivity contribution is 5.54. The molecule has 0 heterocycles. The van der Waals surface area contributed by atoms with E-state index in [1.54, 1.807) is 0 Å². The summed E-state index contributed by atoms with van der Waals surface area (Å²) in [6, 6.07) is 22.0. The largest absolute Gasteiger partial charge is 0.0809 e. The molecule has 21 heavy (non-hydrogen) atoms. The lowest BCUT2D eigenvalue weighted by Gasteiger charge is -2.22. The molecule has 0 aromatic heterocycles. The van der Waals surface area contributed by atoms with Crippen LogP contribution in [0.5, 0.6) is 0 Å². The van der Waals surface area contributed by atoms with Gasteiger partial charge < -0.3 is 0 Å². The van der Waals surface area contributed by atoms with Crippen molar-refractivity contribution in [2.45, 2.75) is 33.1 Å². The first kappa shape index (κ1) is 14.1. The fourth-order valence-corrected chi connectivity index (χ4v) is 4.14. The Morgan fingerprint density at radius 3 is 1.62 bits per heavy atom. The standard InChI is InChI=1S/C21H24/c1-16(2)15-19-20(3,4)21(19,17-11-7-5-8-12-17)18-13-9-6-10-14-18/h5-15,19H,1-4H3. The molecule has 1 aliphatic rings. The van der Waals surface area contributed by atoms with E-state index in [1.807, 2.05) is 0 Å². The van der Waals surface area contributed by atoms with E-state index >= 15 is 0 Å². The summed E-state index contributed by atoms with van der Waals surface area (Å²) in [4.78, 5) is 0. The zero-order valence-electron chi connectivity index (χ0n) is 13.4. The summed E-state index contributed by atoms with van der Waals surface area (Å²) in [6.07, 6.45) is 2.46. The van der Waals surface area contributed by atoms with Gasteiger partial charge in [-0.25, -0.2) is 0 Å². The Morgan fingerprint density at radius 1 is 0.810 bits per heavy atom. The summed E-state index contributed by atoms with van der Waals surface area (Å²) in [6.45, 7) is 9.21. The SMILES string of the molecule is CC(C)=CC1C(C)(C)C1(c1ccccc1)c1ccccc1. The van der Waals surface area contributed by atoms with Crippen molar-refractivity contribution in [1.82, 2.24) is 0 Å². The van der Waals surface area contributed by atoms with Gasteiger partial charge in [-0.2, -0.15) is 0 Å². The van der Waals surface area contributed by atoms with Crippen LogP contribution in [0.25, 0.3) is 0 Å². The van der Waals surface area contributed by atoms with Crippen LogP contribution in [0.4, 0.5) is 0 Å². The van der Waals surface area contributed by atoms with Crippen molar-refractivity contribution in [2.75, 3.05) is 0 Å². The molecule has 1 unspecified atom stereocenters. The Labute approximate surface area is 128 Å². The average molecular weight is 276 g/mol. The number of allylic oxidation sites excluding steroid dienone is 2. The third-order valence-corrected chi connectivity index (χ3v) is 5.14. The van der Waals surface area contributed by atoms with Gasteiger partial charge in [0.15, 0.2) is 0 Å². The maximum Gasteiger partial charge on any atom is 0.0328 e. The summed E-state index contributed by atoms with van der Waals surface area (Å²) in [5.74, 6) is 0.555. The van der Waals surface area contributed by atoms with Crippen molar-refractivity contribution in [1.29, 1.82) is 0 Å². The second kappa shape index (κ2) is 4.87. The highest BCUT2D eigenvalue weighted by Gasteiger charge is 2.71. The van der Waals surface area contributed by atoms with Gasteiger partial charge in [-0.15, -0.1) is 0 Å². The van der Waals surface area contributed by atoms with Gasteiger partial charge in [-0.3, -0.25) is 0 Å². The Morgan fingerprint density at radius 2 is 1.24 bits per heavy atom. The van der Waals surface area contributed by atoms with Crippen LogP contribution in [0.1, 0.15) is 38.8 Å². The molecule has 0 amide bonds. The number of benzene rings is 2. The Kier molecular flexibility index (Phi) is 3.28. The zero-order valence-corrected chi connectivity index (χ0v) is 13.4. The molecular weight excluding hydrogens is 252 g/mol. The topological polar surface area (TPSA) is 0 Å². The lowest BCUT2D eigenvalue weighted by atomic mass is 9.81. The predicted molar refractivity (Wildman–Crippen MR) is 90.4 cm³/mol. The normalized spacial score (nSPS) is 21.6. The molecule has 0 bridgehead atoms. The summed E-state index contributed by atoms with van der Waals surface area (Å²) in [5.41, 5.74) is 4.62. The van der Waals surface area contributed by atoms with Gasteiger partial charge in [0.25, 0.3) is 0 Å². The van der Waals surface area contributed by atoms with Crippen LogP contribution in [-0.2, 0) is 5.41 Å². The van der Waals surface area contributed by atoms with E-state index in [0.717, 1.165) is 0 Å². The highest BCUT2D eigenvalue weighted by atomic mass is 14.7. The van der Waals surface area contributed by atoms with Crippen LogP contribution in [0, 0.1) is 11.3 Å². The molecule has 0 N–H and O–H groups in total. The van der Waals surface area contributed by atoms with Crippen LogP contribution < -0.4 is 0 Å². The van der Waals surface area contributed by atoms with E-state index in [-0.39, 0.29) is 10.8 Å². The van der Waals surface area contributed by atoms with Crippen molar-refractivity contribution in [3.8, 4) is 0 Å². The summed E-state index contributed by atoms with van der Waals surface area (Å²) >= 11 is 0. The molecular formula is C21H24. The first-order valence-electron chi connectivity index (χ1n) is 7.77. The number of hydrogen-bond acceptors (Lipinski definition) is 0. The number of rotatable bonds is 3. The molecule has 2 aromatic carbocycles. The van der Waals surface area contributed by atoms with Crippen LogP contribution in [-0.4, -0.2) is 0 Å². The van der Waals surface area contributed by atoms with Crippen LogP contribution in [0.15, 0.2) is 72.3 Å². The van der Waals surface area contributed by atoms with Crippen molar-refractivity contribution in [3.63, 3.8) is 0 Å². The minimum atomic E-state index is 0.104. The fraction of sp³-hybridized carbons (Fsp3) is 0.333. The molecule has 2 aromatic rings. The van der Waals surface area contributed by atoms with E-state index in [2.05, 4.69) is 94.4 Å². The molecule has 0 aliphatic heterocycles. The molecule has 1 atom stereocenters. The highest BCUT2D eigenvalue weighted by Crippen LogP contribution is 2.73. The molecule has 108 valence electrons. The quantitative estimate of drug-likeness (QED) is 0.641. The monoisotopic (exact) mass is 276 g/mol. The van der Waals surface area contributed by atoms with E-state index < -0.39 is 0 Å². The molecule has 0 radical (unpaired) electrons. The summed E-state index contributed by atoms with van der Waals surface area (Å²) in [5, 5.41) is 0. The fourth-order valence-electron chi connectivity index (χ4n) is 4.14. The Bertz CT molecular complexity index is 603. The van der Waals surface area contributed by atoms with Crippen molar-refractivity contribution in [2.24, 2.45) is 11.3 Å².